The second kappa shape index (κ2) is 42.3. The van der Waals surface area contributed by atoms with E-state index in [9.17, 15) is 0 Å². The summed E-state index contributed by atoms with van der Waals surface area (Å²) in [5, 5.41) is 0. The summed E-state index contributed by atoms with van der Waals surface area (Å²) in [7, 11) is 0. The summed E-state index contributed by atoms with van der Waals surface area (Å²) in [6, 6.07) is 0. The van der Waals surface area contributed by atoms with Gasteiger partial charge in [0.25, 0.3) is 0 Å². The molecule has 0 saturated heterocycles. The molecule has 0 unspecified atom stereocenters. The standard InChI is InChI=1S/C32H65IO10/c1-2-3-4-5-6-7-8-9-10-11-13-34-15-17-36-19-21-38-23-25-40-27-29-42-31-32-43-30-28-41-26-24-39-22-20-37-18-16-35-14-12-33/h2-32H2,1H3. The summed E-state index contributed by atoms with van der Waals surface area (Å²) < 4.78 is 55.8. The Hall–Kier alpha value is 0.330. The maximum atomic E-state index is 5.64. The van der Waals surface area contributed by atoms with Crippen molar-refractivity contribution >= 4 is 22.6 Å². The molecule has 0 spiro atoms. The van der Waals surface area contributed by atoms with Gasteiger partial charge in [0.15, 0.2) is 0 Å². The molecule has 0 saturated carbocycles. The van der Waals surface area contributed by atoms with E-state index in [4.69, 9.17) is 47.4 Å². The van der Waals surface area contributed by atoms with Crippen LogP contribution in [0, 0.1) is 0 Å². The van der Waals surface area contributed by atoms with Gasteiger partial charge in [0, 0.05) is 11.0 Å². The third kappa shape index (κ3) is 42.3. The van der Waals surface area contributed by atoms with Crippen LogP contribution in [0.15, 0.2) is 0 Å². The highest BCUT2D eigenvalue weighted by Gasteiger charge is 1.97. The molecule has 0 bridgehead atoms. The van der Waals surface area contributed by atoms with Crippen LogP contribution in [-0.4, -0.2) is 137 Å². The molecular weight excluding hydrogens is 671 g/mol. The minimum absolute atomic E-state index is 0.534. The normalized spacial score (nSPS) is 11.6. The predicted octanol–water partition coefficient (Wildman–Crippen LogP) is 5.51. The van der Waals surface area contributed by atoms with Crippen molar-refractivity contribution in [2.45, 2.75) is 71.1 Å². The van der Waals surface area contributed by atoms with Crippen LogP contribution in [0.25, 0.3) is 0 Å². The van der Waals surface area contributed by atoms with E-state index in [1.807, 2.05) is 0 Å². The van der Waals surface area contributed by atoms with Crippen molar-refractivity contribution in [2.75, 3.05) is 137 Å². The molecule has 260 valence electrons. The summed E-state index contributed by atoms with van der Waals surface area (Å²) in [5.74, 6) is 0. The Balaban J connectivity index is 3.02. The molecule has 10 nitrogen and oxygen atoms in total. The molecule has 0 heterocycles. The number of rotatable bonds is 40. The molecule has 0 fully saturated rings. The fraction of sp³-hybridized carbons (Fsp3) is 1.00. The van der Waals surface area contributed by atoms with Crippen LogP contribution in [0.5, 0.6) is 0 Å². The van der Waals surface area contributed by atoms with E-state index < -0.39 is 0 Å². The van der Waals surface area contributed by atoms with Crippen LogP contribution < -0.4 is 0 Å². The SMILES string of the molecule is CCCCCCCCCCCCOCCOCCOCCOCCOCCOCCOCCOCCOCCOCCI. The smallest absolute Gasteiger partial charge is 0.0701 e. The van der Waals surface area contributed by atoms with Crippen molar-refractivity contribution in [1.82, 2.24) is 0 Å². The molecule has 0 N–H and O–H groups in total. The summed E-state index contributed by atoms with van der Waals surface area (Å²) in [4.78, 5) is 0. The lowest BCUT2D eigenvalue weighted by Gasteiger charge is -2.09. The Morgan fingerprint density at radius 3 is 0.721 bits per heavy atom. The van der Waals surface area contributed by atoms with Crippen molar-refractivity contribution < 1.29 is 47.4 Å². The van der Waals surface area contributed by atoms with Gasteiger partial charge in [-0.3, -0.25) is 0 Å². The van der Waals surface area contributed by atoms with Crippen LogP contribution in [-0.2, 0) is 47.4 Å². The van der Waals surface area contributed by atoms with E-state index in [2.05, 4.69) is 29.5 Å². The number of alkyl halides is 1. The topological polar surface area (TPSA) is 92.3 Å². The number of unbranched alkanes of at least 4 members (excludes halogenated alkanes) is 9. The monoisotopic (exact) mass is 736 g/mol. The van der Waals surface area contributed by atoms with Gasteiger partial charge in [-0.1, -0.05) is 87.3 Å². The third-order valence-electron chi connectivity index (χ3n) is 6.21. The van der Waals surface area contributed by atoms with Crippen LogP contribution in [0.3, 0.4) is 0 Å². The molecule has 0 atom stereocenters. The number of hydrogen-bond acceptors (Lipinski definition) is 10. The van der Waals surface area contributed by atoms with E-state index in [1.165, 1.54) is 57.8 Å². The molecule has 43 heavy (non-hydrogen) atoms. The molecule has 0 aromatic rings. The highest BCUT2D eigenvalue weighted by molar-refractivity contribution is 14.1. The minimum atomic E-state index is 0.534. The van der Waals surface area contributed by atoms with E-state index in [-0.39, 0.29) is 0 Å². The van der Waals surface area contributed by atoms with E-state index in [0.717, 1.165) is 24.1 Å². The van der Waals surface area contributed by atoms with Gasteiger partial charge < -0.3 is 47.4 Å². The predicted molar refractivity (Wildman–Crippen MR) is 179 cm³/mol. The zero-order valence-electron chi connectivity index (χ0n) is 27.4. The van der Waals surface area contributed by atoms with Gasteiger partial charge >= 0.3 is 0 Å². The summed E-state index contributed by atoms with van der Waals surface area (Å²) in [6.07, 6.45) is 13.5. The van der Waals surface area contributed by atoms with Crippen LogP contribution in [0.4, 0.5) is 0 Å². The molecule has 11 heteroatoms. The molecular formula is C32H65IO10. The van der Waals surface area contributed by atoms with Gasteiger partial charge in [-0.2, -0.15) is 0 Å². The van der Waals surface area contributed by atoms with Gasteiger partial charge in [0.1, 0.15) is 0 Å². The van der Waals surface area contributed by atoms with Crippen molar-refractivity contribution in [1.29, 1.82) is 0 Å². The Bertz CT molecular complexity index is 439. The lowest BCUT2D eigenvalue weighted by Crippen LogP contribution is -2.15. The Labute approximate surface area is 276 Å². The van der Waals surface area contributed by atoms with Crippen LogP contribution in [0.2, 0.25) is 0 Å². The second-order valence-corrected chi connectivity index (χ2v) is 11.1. The van der Waals surface area contributed by atoms with E-state index in [0.29, 0.717) is 119 Å². The molecule has 0 aromatic heterocycles. The van der Waals surface area contributed by atoms with Crippen molar-refractivity contribution in [3.8, 4) is 0 Å². The van der Waals surface area contributed by atoms with Gasteiger partial charge in [-0.25, -0.2) is 0 Å². The zero-order valence-corrected chi connectivity index (χ0v) is 29.5. The zero-order chi connectivity index (χ0) is 31.0. The molecule has 0 aliphatic heterocycles. The van der Waals surface area contributed by atoms with E-state index >= 15 is 0 Å². The fourth-order valence-electron chi connectivity index (χ4n) is 3.83. The molecule has 0 amide bonds. The number of halogens is 1. The Morgan fingerprint density at radius 1 is 0.256 bits per heavy atom. The first-order valence-electron chi connectivity index (χ1n) is 16.7. The quantitative estimate of drug-likeness (QED) is 0.0456. The van der Waals surface area contributed by atoms with Gasteiger partial charge in [0.05, 0.1) is 126 Å². The Morgan fingerprint density at radius 2 is 0.465 bits per heavy atom. The van der Waals surface area contributed by atoms with Crippen molar-refractivity contribution in [2.24, 2.45) is 0 Å². The summed E-state index contributed by atoms with van der Waals surface area (Å²) in [6.45, 7) is 14.1. The van der Waals surface area contributed by atoms with Crippen LogP contribution in [0.1, 0.15) is 71.1 Å². The molecule has 0 rings (SSSR count). The molecule has 0 radical (unpaired) electrons. The van der Waals surface area contributed by atoms with Crippen molar-refractivity contribution in [3.63, 3.8) is 0 Å². The fourth-order valence-corrected chi connectivity index (χ4v) is 4.14. The molecule has 0 aliphatic carbocycles. The molecule has 0 aromatic carbocycles. The minimum Gasteiger partial charge on any atom is -0.379 e. The Kier molecular flexibility index (Phi) is 42.7. The second-order valence-electron chi connectivity index (χ2n) is 9.99. The molecule has 0 aliphatic rings. The lowest BCUT2D eigenvalue weighted by atomic mass is 10.1. The maximum absolute atomic E-state index is 5.64. The highest BCUT2D eigenvalue weighted by atomic mass is 127. The van der Waals surface area contributed by atoms with Crippen molar-refractivity contribution in [3.05, 3.63) is 0 Å². The first kappa shape index (κ1) is 43.3. The lowest BCUT2D eigenvalue weighted by molar-refractivity contribution is -0.0262. The number of ether oxygens (including phenoxy) is 10. The first-order chi connectivity index (χ1) is 21.4. The van der Waals surface area contributed by atoms with Gasteiger partial charge in [0.2, 0.25) is 0 Å². The van der Waals surface area contributed by atoms with E-state index in [1.54, 1.807) is 0 Å². The average molecular weight is 737 g/mol. The third-order valence-corrected chi connectivity index (χ3v) is 6.65. The van der Waals surface area contributed by atoms with Gasteiger partial charge in [-0.05, 0) is 6.42 Å². The summed E-state index contributed by atoms with van der Waals surface area (Å²) >= 11 is 2.28. The number of hydrogen-bond donors (Lipinski definition) is 0. The maximum Gasteiger partial charge on any atom is 0.0701 e. The van der Waals surface area contributed by atoms with Crippen LogP contribution >= 0.6 is 22.6 Å². The largest absolute Gasteiger partial charge is 0.379 e. The van der Waals surface area contributed by atoms with Gasteiger partial charge in [-0.15, -0.1) is 0 Å². The summed E-state index contributed by atoms with van der Waals surface area (Å²) in [5.41, 5.74) is 0. The average Bonchev–Trinajstić information content (AvgIpc) is 3.02. The first-order valence-corrected chi connectivity index (χ1v) is 18.3. The highest BCUT2D eigenvalue weighted by Crippen LogP contribution is 2.10.